The van der Waals surface area contributed by atoms with E-state index in [4.69, 9.17) is 9.84 Å². The average molecular weight is 386 g/mol. The van der Waals surface area contributed by atoms with Crippen molar-refractivity contribution in [3.8, 4) is 5.75 Å². The Morgan fingerprint density at radius 2 is 1.95 bits per heavy atom. The zero-order valence-corrected chi connectivity index (χ0v) is 12.6. The van der Waals surface area contributed by atoms with Gasteiger partial charge in [0.15, 0.2) is 0 Å². The summed E-state index contributed by atoms with van der Waals surface area (Å²) in [5, 5.41) is 8.98. The smallest absolute Gasteiger partial charge is 0.321 e. The van der Waals surface area contributed by atoms with Gasteiger partial charge in [0.25, 0.3) is 0 Å². The average Bonchev–Trinajstić information content (AvgIpc) is 2.46. The number of ether oxygens (including phenoxy) is 1. The fraction of sp³-hybridized carbons (Fsp3) is 0.133. The summed E-state index contributed by atoms with van der Waals surface area (Å²) in [5.41, 5.74) is 1.52. The van der Waals surface area contributed by atoms with E-state index in [1.807, 2.05) is 22.6 Å². The first-order valence-corrected chi connectivity index (χ1v) is 7.15. The molecule has 0 spiro atoms. The summed E-state index contributed by atoms with van der Waals surface area (Å²) in [7, 11) is 0. The molecule has 0 fully saturated rings. The zero-order valence-electron chi connectivity index (χ0n) is 10.4. The minimum Gasteiger partial charge on any atom is -0.489 e. The number of rotatable bonds is 5. The molecule has 3 nitrogen and oxygen atoms in total. The molecule has 0 aliphatic heterocycles. The molecule has 2 aromatic carbocycles. The highest BCUT2D eigenvalue weighted by molar-refractivity contribution is 14.1. The lowest BCUT2D eigenvalue weighted by atomic mass is 10.1. The lowest BCUT2D eigenvalue weighted by Gasteiger charge is -2.09. The first-order valence-electron chi connectivity index (χ1n) is 5.90. The second kappa shape index (κ2) is 6.69. The molecule has 0 heterocycles. The molecule has 1 atom stereocenters. The number of alkyl halides is 1. The van der Waals surface area contributed by atoms with Crippen molar-refractivity contribution in [3.05, 3.63) is 65.5 Å². The molecule has 2 aromatic rings. The number of carboxylic acid groups (broad SMARTS) is 1. The summed E-state index contributed by atoms with van der Waals surface area (Å²) in [6.45, 7) is 0.308. The summed E-state index contributed by atoms with van der Waals surface area (Å²) in [6.07, 6.45) is 0. The minimum atomic E-state index is -0.888. The van der Waals surface area contributed by atoms with E-state index in [1.54, 1.807) is 36.4 Å². The van der Waals surface area contributed by atoms with Crippen LogP contribution in [0.15, 0.2) is 48.5 Å². The van der Waals surface area contributed by atoms with Crippen LogP contribution in [0.2, 0.25) is 0 Å². The Morgan fingerprint density at radius 1 is 1.25 bits per heavy atom. The molecule has 1 unspecified atom stereocenters. The molecule has 0 bridgehead atoms. The van der Waals surface area contributed by atoms with Gasteiger partial charge in [0.1, 0.15) is 22.1 Å². The van der Waals surface area contributed by atoms with Crippen molar-refractivity contribution in [2.45, 2.75) is 10.5 Å². The van der Waals surface area contributed by atoms with Gasteiger partial charge in [-0.1, -0.05) is 46.9 Å². The Morgan fingerprint density at radius 3 is 2.60 bits per heavy atom. The first kappa shape index (κ1) is 14.8. The predicted octanol–water partition coefficient (Wildman–Crippen LogP) is 3.97. The van der Waals surface area contributed by atoms with E-state index < -0.39 is 9.89 Å². The van der Waals surface area contributed by atoms with Crippen molar-refractivity contribution in [2.24, 2.45) is 0 Å². The molecule has 2 rings (SSSR count). The van der Waals surface area contributed by atoms with Gasteiger partial charge in [-0.15, -0.1) is 0 Å². The standard InChI is InChI=1S/C15H12FIO3/c16-12-6-4-10(5-7-12)9-20-13-3-1-2-11(8-13)14(17)15(18)19/h1-8,14H,9H2,(H,18,19). The van der Waals surface area contributed by atoms with Gasteiger partial charge in [0.2, 0.25) is 0 Å². The van der Waals surface area contributed by atoms with Gasteiger partial charge in [0, 0.05) is 0 Å². The lowest BCUT2D eigenvalue weighted by molar-refractivity contribution is -0.136. The number of halogens is 2. The van der Waals surface area contributed by atoms with Crippen molar-refractivity contribution in [2.75, 3.05) is 0 Å². The molecule has 0 amide bonds. The molecule has 0 aliphatic carbocycles. The van der Waals surface area contributed by atoms with Crippen LogP contribution in [0.1, 0.15) is 15.1 Å². The lowest BCUT2D eigenvalue weighted by Crippen LogP contribution is -2.04. The Labute approximate surface area is 129 Å². The first-order chi connectivity index (χ1) is 9.56. The van der Waals surface area contributed by atoms with Gasteiger partial charge < -0.3 is 9.84 Å². The van der Waals surface area contributed by atoms with Crippen LogP contribution >= 0.6 is 22.6 Å². The fourth-order valence-corrected chi connectivity index (χ4v) is 2.04. The van der Waals surface area contributed by atoms with E-state index in [-0.39, 0.29) is 5.82 Å². The maximum Gasteiger partial charge on any atom is 0.321 e. The van der Waals surface area contributed by atoms with E-state index in [1.165, 1.54) is 12.1 Å². The zero-order chi connectivity index (χ0) is 14.5. The number of benzene rings is 2. The third-order valence-electron chi connectivity index (χ3n) is 2.69. The third-order valence-corrected chi connectivity index (χ3v) is 3.94. The molecule has 0 saturated heterocycles. The molecule has 1 N–H and O–H groups in total. The van der Waals surface area contributed by atoms with Gasteiger partial charge >= 0.3 is 5.97 Å². The maximum atomic E-state index is 12.8. The maximum absolute atomic E-state index is 12.8. The number of carbonyl (C=O) groups is 1. The van der Waals surface area contributed by atoms with Crippen LogP contribution in [0.3, 0.4) is 0 Å². The van der Waals surface area contributed by atoms with Gasteiger partial charge in [-0.25, -0.2) is 4.39 Å². The molecule has 0 aliphatic rings. The van der Waals surface area contributed by atoms with Crippen molar-refractivity contribution in [3.63, 3.8) is 0 Å². The summed E-state index contributed by atoms with van der Waals surface area (Å²) >= 11 is 1.86. The van der Waals surface area contributed by atoms with E-state index in [0.717, 1.165) is 5.56 Å². The van der Waals surface area contributed by atoms with E-state index >= 15 is 0 Å². The second-order valence-corrected chi connectivity index (χ2v) is 5.43. The molecule has 0 radical (unpaired) electrons. The minimum absolute atomic E-state index is 0.287. The van der Waals surface area contributed by atoms with Gasteiger partial charge in [-0.3, -0.25) is 4.79 Å². The van der Waals surface area contributed by atoms with Crippen molar-refractivity contribution in [1.29, 1.82) is 0 Å². The fourth-order valence-electron chi connectivity index (χ4n) is 1.65. The van der Waals surface area contributed by atoms with Crippen molar-refractivity contribution >= 4 is 28.6 Å². The summed E-state index contributed by atoms with van der Waals surface area (Å²) in [5.74, 6) is -0.582. The van der Waals surface area contributed by atoms with Crippen LogP contribution < -0.4 is 4.74 Å². The van der Waals surface area contributed by atoms with Gasteiger partial charge in [-0.05, 0) is 35.4 Å². The highest BCUT2D eigenvalue weighted by Crippen LogP contribution is 2.27. The van der Waals surface area contributed by atoms with E-state index in [2.05, 4.69) is 0 Å². The summed E-state index contributed by atoms with van der Waals surface area (Å²) < 4.78 is 17.7. The monoisotopic (exact) mass is 386 g/mol. The summed E-state index contributed by atoms with van der Waals surface area (Å²) in [4.78, 5) is 10.9. The molecule has 0 aromatic heterocycles. The summed E-state index contributed by atoms with van der Waals surface area (Å²) in [6, 6.07) is 13.0. The van der Waals surface area contributed by atoms with Crippen LogP contribution in [-0.2, 0) is 11.4 Å². The Hall–Kier alpha value is -1.63. The van der Waals surface area contributed by atoms with Crippen LogP contribution in [0.4, 0.5) is 4.39 Å². The third kappa shape index (κ3) is 3.93. The van der Waals surface area contributed by atoms with Gasteiger partial charge in [-0.2, -0.15) is 0 Å². The van der Waals surface area contributed by atoms with Crippen LogP contribution in [0, 0.1) is 5.82 Å². The number of hydrogen-bond donors (Lipinski definition) is 1. The largest absolute Gasteiger partial charge is 0.489 e. The Balaban J connectivity index is 2.04. The normalized spacial score (nSPS) is 11.9. The number of aliphatic carboxylic acids is 1. The van der Waals surface area contributed by atoms with Crippen molar-refractivity contribution < 1.29 is 19.0 Å². The molecular formula is C15H12FIO3. The molecule has 20 heavy (non-hydrogen) atoms. The molecular weight excluding hydrogens is 374 g/mol. The number of carboxylic acids is 1. The van der Waals surface area contributed by atoms with Crippen LogP contribution in [0.25, 0.3) is 0 Å². The number of hydrogen-bond acceptors (Lipinski definition) is 2. The molecule has 5 heteroatoms. The van der Waals surface area contributed by atoms with E-state index in [0.29, 0.717) is 17.9 Å². The Kier molecular flexibility index (Phi) is 4.94. The Bertz CT molecular complexity index is 598. The van der Waals surface area contributed by atoms with Gasteiger partial charge in [0.05, 0.1) is 0 Å². The quantitative estimate of drug-likeness (QED) is 0.625. The van der Waals surface area contributed by atoms with E-state index in [9.17, 15) is 9.18 Å². The van der Waals surface area contributed by atoms with Crippen LogP contribution in [-0.4, -0.2) is 11.1 Å². The second-order valence-electron chi connectivity index (χ2n) is 4.19. The topological polar surface area (TPSA) is 46.5 Å². The highest BCUT2D eigenvalue weighted by Gasteiger charge is 2.15. The molecule has 104 valence electrons. The van der Waals surface area contributed by atoms with Crippen LogP contribution in [0.5, 0.6) is 5.75 Å². The van der Waals surface area contributed by atoms with Crippen molar-refractivity contribution in [1.82, 2.24) is 0 Å². The highest BCUT2D eigenvalue weighted by atomic mass is 127. The SMILES string of the molecule is O=C(O)C(I)c1cccc(OCc2ccc(F)cc2)c1. The predicted molar refractivity (Wildman–Crippen MR) is 81.6 cm³/mol. The molecule has 0 saturated carbocycles.